The molecule has 1 aliphatic carbocycles. The predicted molar refractivity (Wildman–Crippen MR) is 119 cm³/mol. The Labute approximate surface area is 189 Å². The molecule has 2 N–H and O–H groups in total. The minimum atomic E-state index is -0.529. The van der Waals surface area contributed by atoms with Gasteiger partial charge in [0.2, 0.25) is 5.91 Å². The van der Waals surface area contributed by atoms with Gasteiger partial charge < -0.3 is 15.5 Å². The average Bonchev–Trinajstić information content (AvgIpc) is 3.58. The van der Waals surface area contributed by atoms with Crippen molar-refractivity contribution in [3.63, 3.8) is 0 Å². The van der Waals surface area contributed by atoms with Gasteiger partial charge >= 0.3 is 0 Å². The zero-order valence-electron chi connectivity index (χ0n) is 17.4. The van der Waals surface area contributed by atoms with E-state index in [0.717, 1.165) is 24.2 Å². The van der Waals surface area contributed by atoms with Crippen molar-refractivity contribution in [2.24, 2.45) is 13.0 Å². The Morgan fingerprint density at radius 1 is 1.25 bits per heavy atom. The van der Waals surface area contributed by atoms with E-state index in [2.05, 4.69) is 15.7 Å². The molecule has 2 aromatic carbocycles. The number of nitrogens with zero attached hydrogens (tertiary/aromatic N) is 3. The van der Waals surface area contributed by atoms with Gasteiger partial charge in [0.15, 0.2) is 0 Å². The maximum atomic E-state index is 14.8. The van der Waals surface area contributed by atoms with Gasteiger partial charge in [0, 0.05) is 41.2 Å². The molecule has 1 fully saturated rings. The number of halogens is 2. The Balaban J connectivity index is 1.44. The highest BCUT2D eigenvalue weighted by atomic mass is 35.5. The molecule has 2 amide bonds. The number of anilines is 3. The molecule has 1 aliphatic heterocycles. The molecule has 1 saturated carbocycles. The van der Waals surface area contributed by atoms with Gasteiger partial charge in [-0.2, -0.15) is 5.10 Å². The lowest BCUT2D eigenvalue weighted by atomic mass is 10.1. The standard InChI is InChI=1S/C23H21ClFN5O2/c1-29-21-16(11-27-29)12-30(20-7-6-17(24)9-19(20)28-21)23(32)14-4-5-15(18(25)8-14)10-26-22(31)13-2-3-13/h4-9,11,13,28H,2-3,10,12H2,1H3,(H,26,31). The van der Waals surface area contributed by atoms with Crippen LogP contribution in [0.25, 0.3) is 0 Å². The second-order valence-electron chi connectivity index (χ2n) is 8.12. The summed E-state index contributed by atoms with van der Waals surface area (Å²) in [7, 11) is 1.81. The lowest BCUT2D eigenvalue weighted by Crippen LogP contribution is -2.30. The van der Waals surface area contributed by atoms with Gasteiger partial charge in [-0.05, 0) is 43.2 Å². The normalized spacial score (nSPS) is 14.8. The Kier molecular flexibility index (Phi) is 5.09. The van der Waals surface area contributed by atoms with Crippen LogP contribution in [0.3, 0.4) is 0 Å². The summed E-state index contributed by atoms with van der Waals surface area (Å²) in [6.45, 7) is 0.369. The fourth-order valence-corrected chi connectivity index (χ4v) is 3.99. The van der Waals surface area contributed by atoms with Crippen LogP contribution in [0.15, 0.2) is 42.6 Å². The van der Waals surface area contributed by atoms with Crippen LogP contribution < -0.4 is 15.5 Å². The highest BCUT2D eigenvalue weighted by Crippen LogP contribution is 2.38. The van der Waals surface area contributed by atoms with E-state index in [4.69, 9.17) is 11.6 Å². The fourth-order valence-electron chi connectivity index (χ4n) is 3.82. The number of carbonyl (C=O) groups is 2. The number of carbonyl (C=O) groups excluding carboxylic acids is 2. The van der Waals surface area contributed by atoms with E-state index in [-0.39, 0.29) is 36.4 Å². The van der Waals surface area contributed by atoms with Crippen molar-refractivity contribution in [1.82, 2.24) is 15.1 Å². The Morgan fingerprint density at radius 3 is 2.81 bits per heavy atom. The zero-order chi connectivity index (χ0) is 22.4. The highest BCUT2D eigenvalue weighted by molar-refractivity contribution is 6.31. The number of aryl methyl sites for hydroxylation is 1. The van der Waals surface area contributed by atoms with Crippen molar-refractivity contribution < 1.29 is 14.0 Å². The van der Waals surface area contributed by atoms with E-state index in [1.807, 2.05) is 7.05 Å². The van der Waals surface area contributed by atoms with E-state index in [9.17, 15) is 14.0 Å². The van der Waals surface area contributed by atoms with Crippen molar-refractivity contribution in [3.05, 3.63) is 70.1 Å². The largest absolute Gasteiger partial charge is 0.352 e. The summed E-state index contributed by atoms with van der Waals surface area (Å²) in [5, 5.41) is 10.8. The minimum absolute atomic E-state index is 0.0517. The second kappa shape index (κ2) is 7.94. The van der Waals surface area contributed by atoms with Crippen LogP contribution in [-0.2, 0) is 24.9 Å². The van der Waals surface area contributed by atoms with Gasteiger partial charge in [0.05, 0.1) is 24.1 Å². The number of rotatable bonds is 4. The number of amides is 2. The molecule has 3 aromatic rings. The smallest absolute Gasteiger partial charge is 0.258 e. The number of hydrogen-bond donors (Lipinski definition) is 2. The summed E-state index contributed by atoms with van der Waals surface area (Å²) < 4.78 is 16.4. The summed E-state index contributed by atoms with van der Waals surface area (Å²) in [5.74, 6) is -0.111. The number of fused-ring (bicyclic) bond motifs is 2. The molecule has 0 saturated heterocycles. The Hall–Kier alpha value is -3.39. The first-order valence-electron chi connectivity index (χ1n) is 10.4. The van der Waals surface area contributed by atoms with Crippen LogP contribution in [0.2, 0.25) is 5.02 Å². The second-order valence-corrected chi connectivity index (χ2v) is 8.55. The number of nitrogens with one attached hydrogen (secondary N) is 2. The SMILES string of the molecule is Cn1ncc2c1Nc1cc(Cl)ccc1N(C(=O)c1ccc(CNC(=O)C3CC3)c(F)c1)C2. The van der Waals surface area contributed by atoms with Crippen molar-refractivity contribution >= 4 is 40.6 Å². The highest BCUT2D eigenvalue weighted by Gasteiger charge is 2.30. The molecule has 32 heavy (non-hydrogen) atoms. The van der Waals surface area contributed by atoms with Crippen molar-refractivity contribution in [1.29, 1.82) is 0 Å². The first kappa shape index (κ1) is 20.5. The van der Waals surface area contributed by atoms with Gasteiger partial charge in [0.1, 0.15) is 11.6 Å². The van der Waals surface area contributed by atoms with E-state index >= 15 is 0 Å². The first-order valence-corrected chi connectivity index (χ1v) is 10.7. The fraction of sp³-hybridized carbons (Fsp3) is 0.261. The monoisotopic (exact) mass is 453 g/mol. The van der Waals surface area contributed by atoms with Gasteiger partial charge in [-0.1, -0.05) is 17.7 Å². The molecule has 0 atom stereocenters. The number of benzene rings is 2. The third-order valence-electron chi connectivity index (χ3n) is 5.79. The Morgan fingerprint density at radius 2 is 2.06 bits per heavy atom. The predicted octanol–water partition coefficient (Wildman–Crippen LogP) is 4.14. The summed E-state index contributed by atoms with van der Waals surface area (Å²) in [6.07, 6.45) is 3.47. The third kappa shape index (κ3) is 3.82. The van der Waals surface area contributed by atoms with Crippen molar-refractivity contribution in [3.8, 4) is 0 Å². The first-order chi connectivity index (χ1) is 15.4. The number of hydrogen-bond acceptors (Lipinski definition) is 4. The molecular weight excluding hydrogens is 433 g/mol. The molecule has 0 radical (unpaired) electrons. The minimum Gasteiger partial charge on any atom is -0.352 e. The van der Waals surface area contributed by atoms with E-state index < -0.39 is 5.82 Å². The molecule has 1 aromatic heterocycles. The summed E-state index contributed by atoms with van der Waals surface area (Å²) in [4.78, 5) is 26.9. The van der Waals surface area contributed by atoms with Crippen LogP contribution >= 0.6 is 11.6 Å². The van der Waals surface area contributed by atoms with Crippen LogP contribution in [0.5, 0.6) is 0 Å². The topological polar surface area (TPSA) is 79.3 Å². The Bertz CT molecular complexity index is 1240. The molecule has 0 spiro atoms. The van der Waals surface area contributed by atoms with Gasteiger partial charge in [-0.25, -0.2) is 4.39 Å². The van der Waals surface area contributed by atoms with Crippen LogP contribution in [0.4, 0.5) is 21.6 Å². The zero-order valence-corrected chi connectivity index (χ0v) is 18.1. The van der Waals surface area contributed by atoms with Crippen molar-refractivity contribution in [2.45, 2.75) is 25.9 Å². The van der Waals surface area contributed by atoms with E-state index in [1.54, 1.807) is 46.1 Å². The van der Waals surface area contributed by atoms with Gasteiger partial charge in [-0.3, -0.25) is 14.3 Å². The molecule has 0 unspecified atom stereocenters. The van der Waals surface area contributed by atoms with Crippen LogP contribution in [-0.4, -0.2) is 21.6 Å². The molecule has 0 bridgehead atoms. The van der Waals surface area contributed by atoms with Crippen LogP contribution in [0.1, 0.15) is 34.3 Å². The maximum Gasteiger partial charge on any atom is 0.258 e. The van der Waals surface area contributed by atoms with Crippen molar-refractivity contribution in [2.75, 3.05) is 10.2 Å². The average molecular weight is 454 g/mol. The van der Waals surface area contributed by atoms with E-state index in [1.165, 1.54) is 6.07 Å². The summed E-state index contributed by atoms with van der Waals surface area (Å²) in [6, 6.07) is 9.57. The number of aromatic nitrogens is 2. The lowest BCUT2D eigenvalue weighted by Gasteiger charge is -2.23. The van der Waals surface area contributed by atoms with Gasteiger partial charge in [0.25, 0.3) is 5.91 Å². The van der Waals surface area contributed by atoms with Gasteiger partial charge in [-0.15, -0.1) is 0 Å². The summed E-state index contributed by atoms with van der Waals surface area (Å²) >= 11 is 6.18. The third-order valence-corrected chi connectivity index (χ3v) is 6.03. The van der Waals surface area contributed by atoms with Crippen LogP contribution in [0, 0.1) is 11.7 Å². The molecule has 2 aliphatic rings. The molecule has 164 valence electrons. The maximum absolute atomic E-state index is 14.8. The molecule has 9 heteroatoms. The quantitative estimate of drug-likeness (QED) is 0.622. The lowest BCUT2D eigenvalue weighted by molar-refractivity contribution is -0.122. The summed E-state index contributed by atoms with van der Waals surface area (Å²) in [5.41, 5.74) is 2.68. The van der Waals surface area contributed by atoms with E-state index in [0.29, 0.717) is 22.0 Å². The molecule has 2 heterocycles. The molecular formula is C23H21ClFN5O2. The molecule has 7 nitrogen and oxygen atoms in total. The molecule has 5 rings (SSSR count).